The van der Waals surface area contributed by atoms with E-state index in [0.717, 1.165) is 109 Å². The molecule has 1 atom stereocenters. The zero-order chi connectivity index (χ0) is 44.4. The number of esters is 3. The summed E-state index contributed by atoms with van der Waals surface area (Å²) < 4.78 is 16.8. The van der Waals surface area contributed by atoms with Crippen LogP contribution in [-0.4, -0.2) is 37.2 Å². The molecular weight excluding hydrogens is 757 g/mol. The van der Waals surface area contributed by atoms with Crippen molar-refractivity contribution in [1.29, 1.82) is 0 Å². The molecule has 0 aromatic rings. The highest BCUT2D eigenvalue weighted by atomic mass is 16.6. The lowest BCUT2D eigenvalue weighted by Gasteiger charge is -2.18. The van der Waals surface area contributed by atoms with E-state index in [4.69, 9.17) is 14.2 Å². The number of carbonyl (C=O) groups is 3. The predicted molar refractivity (Wildman–Crippen MR) is 261 cm³/mol. The summed E-state index contributed by atoms with van der Waals surface area (Å²) in [6.45, 7) is 6.50. The van der Waals surface area contributed by atoms with Crippen LogP contribution in [0.1, 0.15) is 265 Å². The van der Waals surface area contributed by atoms with Crippen molar-refractivity contribution in [2.24, 2.45) is 0 Å². The van der Waals surface area contributed by atoms with Gasteiger partial charge < -0.3 is 14.2 Å². The fourth-order valence-corrected chi connectivity index (χ4v) is 7.35. The van der Waals surface area contributed by atoms with Crippen LogP contribution in [-0.2, 0) is 28.6 Å². The maximum Gasteiger partial charge on any atom is 0.306 e. The molecule has 0 aromatic carbocycles. The number of unbranched alkanes of at least 4 members (excludes halogenated alkanes) is 28. The van der Waals surface area contributed by atoms with E-state index >= 15 is 0 Å². The molecule has 0 aliphatic heterocycles. The normalized spacial score (nSPS) is 12.4. The Hall–Kier alpha value is -2.63. The molecule has 0 rings (SSSR count). The molecule has 0 aromatic heterocycles. The van der Waals surface area contributed by atoms with Crippen molar-refractivity contribution in [1.82, 2.24) is 0 Å². The Balaban J connectivity index is 4.37. The highest BCUT2D eigenvalue weighted by molar-refractivity contribution is 5.71. The molecule has 0 aliphatic rings. The molecular formula is C55H98O6. The van der Waals surface area contributed by atoms with Crippen LogP contribution in [0.5, 0.6) is 0 Å². The van der Waals surface area contributed by atoms with Gasteiger partial charge in [-0.1, -0.05) is 198 Å². The average molecular weight is 855 g/mol. The second kappa shape index (κ2) is 50.0. The van der Waals surface area contributed by atoms with Crippen LogP contribution in [0.4, 0.5) is 0 Å². The monoisotopic (exact) mass is 855 g/mol. The lowest BCUT2D eigenvalue weighted by molar-refractivity contribution is -0.167. The third-order valence-electron chi connectivity index (χ3n) is 11.3. The molecule has 0 saturated carbocycles. The number of hydrogen-bond donors (Lipinski definition) is 0. The second-order valence-electron chi connectivity index (χ2n) is 17.4. The molecule has 0 N–H and O–H groups in total. The summed E-state index contributed by atoms with van der Waals surface area (Å²) in [5.41, 5.74) is 0. The number of allylic oxidation sites excluding steroid dienone is 8. The topological polar surface area (TPSA) is 78.9 Å². The molecule has 6 heteroatoms. The second-order valence-corrected chi connectivity index (χ2v) is 17.4. The van der Waals surface area contributed by atoms with E-state index in [1.54, 1.807) is 0 Å². The van der Waals surface area contributed by atoms with Crippen molar-refractivity contribution < 1.29 is 28.6 Å². The van der Waals surface area contributed by atoms with Gasteiger partial charge in [-0.2, -0.15) is 0 Å². The lowest BCUT2D eigenvalue weighted by atomic mass is 10.1. The lowest BCUT2D eigenvalue weighted by Crippen LogP contribution is -2.30. The van der Waals surface area contributed by atoms with Gasteiger partial charge >= 0.3 is 17.9 Å². The van der Waals surface area contributed by atoms with Gasteiger partial charge in [0.25, 0.3) is 0 Å². The van der Waals surface area contributed by atoms with Crippen LogP contribution in [0.2, 0.25) is 0 Å². The maximum atomic E-state index is 12.8. The summed E-state index contributed by atoms with van der Waals surface area (Å²) in [5.74, 6) is -0.921. The SMILES string of the molecule is CC/C=C\C/C=C\CCCCCCCC(=O)OCC(COC(=O)CCCCCCC/C=C\CCCCCCCCCCC)OC(=O)CCCCC/C=C\CCCCCCCC. The van der Waals surface area contributed by atoms with Gasteiger partial charge in [0.15, 0.2) is 6.10 Å². The molecule has 0 saturated heterocycles. The zero-order valence-electron chi connectivity index (χ0n) is 40.4. The Bertz CT molecular complexity index is 1070. The highest BCUT2D eigenvalue weighted by Gasteiger charge is 2.19. The smallest absolute Gasteiger partial charge is 0.306 e. The van der Waals surface area contributed by atoms with Crippen molar-refractivity contribution in [3.05, 3.63) is 48.6 Å². The summed E-state index contributed by atoms with van der Waals surface area (Å²) >= 11 is 0. The Morgan fingerprint density at radius 2 is 0.639 bits per heavy atom. The third-order valence-corrected chi connectivity index (χ3v) is 11.3. The fourth-order valence-electron chi connectivity index (χ4n) is 7.35. The standard InChI is InChI=1S/C55H98O6/c1-4-7-10-13-16-19-22-25-26-27-28-29-31-33-36-39-42-45-48-54(57)60-51-52(50-59-53(56)47-44-41-38-35-32-24-21-18-15-12-9-6-3)61-55(58)49-46-43-40-37-34-30-23-20-17-14-11-8-5-2/h9,12,18,21,28-30,34,52H,4-8,10-11,13-17,19-20,22-27,31-33,35-51H2,1-3H3/b12-9-,21-18-,29-28-,34-30-. The average Bonchev–Trinajstić information content (AvgIpc) is 3.26. The van der Waals surface area contributed by atoms with Crippen LogP contribution in [0.3, 0.4) is 0 Å². The van der Waals surface area contributed by atoms with Crippen molar-refractivity contribution in [3.63, 3.8) is 0 Å². The van der Waals surface area contributed by atoms with Gasteiger partial charge in [0.1, 0.15) is 13.2 Å². The molecule has 0 bridgehead atoms. The van der Waals surface area contributed by atoms with E-state index < -0.39 is 6.10 Å². The van der Waals surface area contributed by atoms with E-state index in [1.165, 1.54) is 116 Å². The molecule has 0 spiro atoms. The minimum Gasteiger partial charge on any atom is -0.462 e. The van der Waals surface area contributed by atoms with Crippen LogP contribution < -0.4 is 0 Å². The van der Waals surface area contributed by atoms with Crippen LogP contribution in [0.25, 0.3) is 0 Å². The fraction of sp³-hybridized carbons (Fsp3) is 0.800. The summed E-state index contributed by atoms with van der Waals surface area (Å²) in [6.07, 6.45) is 59.6. The van der Waals surface area contributed by atoms with Gasteiger partial charge in [-0.15, -0.1) is 0 Å². The Labute approximate surface area is 378 Å². The summed E-state index contributed by atoms with van der Waals surface area (Å²) in [6, 6.07) is 0. The maximum absolute atomic E-state index is 12.8. The third kappa shape index (κ3) is 48.3. The van der Waals surface area contributed by atoms with Gasteiger partial charge in [0, 0.05) is 19.3 Å². The number of ether oxygens (including phenoxy) is 3. The molecule has 0 radical (unpaired) electrons. The van der Waals surface area contributed by atoms with Gasteiger partial charge in [-0.3, -0.25) is 14.4 Å². The first-order valence-corrected chi connectivity index (χ1v) is 26.1. The van der Waals surface area contributed by atoms with E-state index in [9.17, 15) is 14.4 Å². The number of rotatable bonds is 47. The van der Waals surface area contributed by atoms with Crippen molar-refractivity contribution in [3.8, 4) is 0 Å². The van der Waals surface area contributed by atoms with E-state index in [2.05, 4.69) is 69.4 Å². The number of carbonyl (C=O) groups excluding carboxylic acids is 3. The van der Waals surface area contributed by atoms with Crippen molar-refractivity contribution >= 4 is 17.9 Å². The molecule has 61 heavy (non-hydrogen) atoms. The minimum absolute atomic E-state index is 0.0873. The molecule has 0 aliphatic carbocycles. The molecule has 354 valence electrons. The molecule has 0 fully saturated rings. The first-order chi connectivity index (χ1) is 30.0. The van der Waals surface area contributed by atoms with Crippen LogP contribution in [0.15, 0.2) is 48.6 Å². The quantitative estimate of drug-likeness (QED) is 0.0263. The Morgan fingerprint density at radius 1 is 0.344 bits per heavy atom. The Morgan fingerprint density at radius 3 is 1.02 bits per heavy atom. The van der Waals surface area contributed by atoms with E-state index in [1.807, 2.05) is 0 Å². The summed E-state index contributed by atoms with van der Waals surface area (Å²) in [4.78, 5) is 37.9. The predicted octanol–water partition coefficient (Wildman–Crippen LogP) is 17.1. The zero-order valence-corrected chi connectivity index (χ0v) is 40.4. The van der Waals surface area contributed by atoms with Crippen molar-refractivity contribution in [2.75, 3.05) is 13.2 Å². The van der Waals surface area contributed by atoms with Crippen molar-refractivity contribution in [2.45, 2.75) is 271 Å². The van der Waals surface area contributed by atoms with Gasteiger partial charge in [-0.05, 0) is 96.3 Å². The molecule has 0 amide bonds. The van der Waals surface area contributed by atoms with E-state index in [-0.39, 0.29) is 31.1 Å². The highest BCUT2D eigenvalue weighted by Crippen LogP contribution is 2.14. The van der Waals surface area contributed by atoms with Gasteiger partial charge in [0.05, 0.1) is 0 Å². The van der Waals surface area contributed by atoms with Gasteiger partial charge in [0.2, 0.25) is 0 Å². The van der Waals surface area contributed by atoms with Crippen LogP contribution >= 0.6 is 0 Å². The molecule has 6 nitrogen and oxygen atoms in total. The largest absolute Gasteiger partial charge is 0.462 e. The Kier molecular flexibility index (Phi) is 47.9. The van der Waals surface area contributed by atoms with Crippen LogP contribution in [0, 0.1) is 0 Å². The van der Waals surface area contributed by atoms with Gasteiger partial charge in [-0.25, -0.2) is 0 Å². The first kappa shape index (κ1) is 58.4. The molecule has 1 unspecified atom stereocenters. The number of hydrogen-bond acceptors (Lipinski definition) is 6. The van der Waals surface area contributed by atoms with E-state index in [0.29, 0.717) is 19.3 Å². The summed E-state index contributed by atoms with van der Waals surface area (Å²) in [5, 5.41) is 0. The molecule has 0 heterocycles. The summed E-state index contributed by atoms with van der Waals surface area (Å²) in [7, 11) is 0. The first-order valence-electron chi connectivity index (χ1n) is 26.1. The minimum atomic E-state index is -0.788.